The van der Waals surface area contributed by atoms with Gasteiger partial charge in [0.25, 0.3) is 0 Å². The van der Waals surface area contributed by atoms with Gasteiger partial charge < -0.3 is 15.2 Å². The minimum atomic E-state index is -0.456. The molecule has 0 saturated heterocycles. The normalized spacial score (nSPS) is 12.4. The van der Waals surface area contributed by atoms with Crippen molar-refractivity contribution in [1.82, 2.24) is 0 Å². The molecule has 3 nitrogen and oxygen atoms in total. The molecule has 1 aromatic rings. The summed E-state index contributed by atoms with van der Waals surface area (Å²) in [4.78, 5) is 1.24. The summed E-state index contributed by atoms with van der Waals surface area (Å²) in [7, 11) is 0. The van der Waals surface area contributed by atoms with Crippen molar-refractivity contribution in [2.24, 2.45) is 0 Å². The maximum atomic E-state index is 9.72. The van der Waals surface area contributed by atoms with Gasteiger partial charge in [0.15, 0.2) is 0 Å². The van der Waals surface area contributed by atoms with Crippen LogP contribution in [0.5, 0.6) is 0 Å². The van der Waals surface area contributed by atoms with Crippen molar-refractivity contribution in [3.8, 4) is 0 Å². The third kappa shape index (κ3) is 6.28. The Kier molecular flexibility index (Phi) is 7.89. The van der Waals surface area contributed by atoms with Gasteiger partial charge in [-0.15, -0.1) is 11.8 Å². The zero-order chi connectivity index (χ0) is 13.2. The second-order valence-electron chi connectivity index (χ2n) is 4.19. The lowest BCUT2D eigenvalue weighted by molar-refractivity contribution is 0.0422. The first-order valence-corrected chi connectivity index (χ1v) is 7.62. The number of aliphatic hydroxyl groups excluding tert-OH is 1. The van der Waals surface area contributed by atoms with E-state index in [0.29, 0.717) is 13.2 Å². The van der Waals surface area contributed by atoms with Gasteiger partial charge in [-0.1, -0.05) is 13.3 Å². The van der Waals surface area contributed by atoms with Crippen LogP contribution in [-0.4, -0.2) is 37.2 Å². The Labute approximate surface area is 114 Å². The van der Waals surface area contributed by atoms with Crippen LogP contribution in [0.1, 0.15) is 19.8 Å². The van der Waals surface area contributed by atoms with Gasteiger partial charge in [-0.3, -0.25) is 0 Å². The Bertz CT molecular complexity index is 316. The number of hydrogen-bond donors (Lipinski definition) is 2. The largest absolute Gasteiger partial charge is 0.389 e. The minimum Gasteiger partial charge on any atom is -0.389 e. The summed E-state index contributed by atoms with van der Waals surface area (Å²) in [5, 5.41) is 12.9. The average Bonchev–Trinajstić information content (AvgIpc) is 2.42. The molecule has 0 amide bonds. The Morgan fingerprint density at radius 1 is 1.33 bits per heavy atom. The van der Waals surface area contributed by atoms with Gasteiger partial charge in [0.2, 0.25) is 0 Å². The number of hydrogen-bond acceptors (Lipinski definition) is 4. The molecular formula is C14H23NO2S. The van der Waals surface area contributed by atoms with E-state index in [0.717, 1.165) is 25.1 Å². The number of aliphatic hydroxyl groups is 1. The lowest BCUT2D eigenvalue weighted by Gasteiger charge is -2.13. The maximum absolute atomic E-state index is 9.72. The number of unbranched alkanes of at least 4 members (excludes halogenated alkanes) is 1. The molecule has 1 unspecified atom stereocenters. The quantitative estimate of drug-likeness (QED) is 0.534. The van der Waals surface area contributed by atoms with Crippen molar-refractivity contribution < 1.29 is 9.84 Å². The second kappa shape index (κ2) is 9.25. The molecule has 102 valence electrons. The van der Waals surface area contributed by atoms with Crippen LogP contribution in [0.3, 0.4) is 0 Å². The first-order valence-electron chi connectivity index (χ1n) is 6.40. The summed E-state index contributed by atoms with van der Waals surface area (Å²) in [5.74, 6) is 0. The number of nitrogens with one attached hydrogen (secondary N) is 1. The van der Waals surface area contributed by atoms with Crippen LogP contribution in [0.4, 0.5) is 5.69 Å². The minimum absolute atomic E-state index is 0.399. The number of ether oxygens (including phenoxy) is 1. The van der Waals surface area contributed by atoms with Crippen LogP contribution < -0.4 is 5.32 Å². The molecule has 0 bridgehead atoms. The summed E-state index contributed by atoms with van der Waals surface area (Å²) in [6.07, 6.45) is 3.77. The first-order chi connectivity index (χ1) is 8.76. The highest BCUT2D eigenvalue weighted by Gasteiger charge is 2.03. The molecule has 1 atom stereocenters. The fourth-order valence-electron chi connectivity index (χ4n) is 1.47. The third-order valence-electron chi connectivity index (χ3n) is 2.58. The SMILES string of the molecule is CCCCOCC(O)CNc1ccc(SC)cc1. The first kappa shape index (κ1) is 15.3. The van der Waals surface area contributed by atoms with Crippen molar-refractivity contribution >= 4 is 17.4 Å². The van der Waals surface area contributed by atoms with E-state index >= 15 is 0 Å². The van der Waals surface area contributed by atoms with Crippen molar-refractivity contribution in [3.05, 3.63) is 24.3 Å². The summed E-state index contributed by atoms with van der Waals surface area (Å²) < 4.78 is 5.37. The highest BCUT2D eigenvalue weighted by atomic mass is 32.2. The highest BCUT2D eigenvalue weighted by Crippen LogP contribution is 2.17. The van der Waals surface area contributed by atoms with E-state index in [1.54, 1.807) is 11.8 Å². The molecular weight excluding hydrogens is 246 g/mol. The molecule has 0 fully saturated rings. The molecule has 0 spiro atoms. The number of anilines is 1. The van der Waals surface area contributed by atoms with Gasteiger partial charge >= 0.3 is 0 Å². The molecule has 0 aliphatic heterocycles. The van der Waals surface area contributed by atoms with Crippen LogP contribution in [0.15, 0.2) is 29.2 Å². The molecule has 1 aromatic carbocycles. The van der Waals surface area contributed by atoms with Crippen LogP contribution in [-0.2, 0) is 4.74 Å². The second-order valence-corrected chi connectivity index (χ2v) is 5.07. The topological polar surface area (TPSA) is 41.5 Å². The van der Waals surface area contributed by atoms with Crippen molar-refractivity contribution in [2.45, 2.75) is 30.8 Å². The van der Waals surface area contributed by atoms with Gasteiger partial charge in [-0.2, -0.15) is 0 Å². The molecule has 0 radical (unpaired) electrons. The van der Waals surface area contributed by atoms with Gasteiger partial charge in [0.05, 0.1) is 12.7 Å². The molecule has 0 aromatic heterocycles. The van der Waals surface area contributed by atoms with E-state index in [-0.39, 0.29) is 0 Å². The van der Waals surface area contributed by atoms with Gasteiger partial charge in [0, 0.05) is 23.7 Å². The number of rotatable bonds is 9. The fraction of sp³-hybridized carbons (Fsp3) is 0.571. The lowest BCUT2D eigenvalue weighted by atomic mass is 10.3. The van der Waals surface area contributed by atoms with Gasteiger partial charge in [-0.25, -0.2) is 0 Å². The molecule has 0 saturated carbocycles. The van der Waals surface area contributed by atoms with E-state index < -0.39 is 6.10 Å². The fourth-order valence-corrected chi connectivity index (χ4v) is 1.88. The third-order valence-corrected chi connectivity index (χ3v) is 3.33. The predicted molar refractivity (Wildman–Crippen MR) is 78.4 cm³/mol. The summed E-state index contributed by atoms with van der Waals surface area (Å²) >= 11 is 1.72. The van der Waals surface area contributed by atoms with E-state index in [2.05, 4.69) is 30.6 Å². The van der Waals surface area contributed by atoms with Gasteiger partial charge in [0.1, 0.15) is 0 Å². The van der Waals surface area contributed by atoms with E-state index in [1.165, 1.54) is 4.90 Å². The standard InChI is InChI=1S/C14H23NO2S/c1-3-4-9-17-11-13(16)10-15-12-5-7-14(18-2)8-6-12/h5-8,13,15-16H,3-4,9-11H2,1-2H3. The maximum Gasteiger partial charge on any atom is 0.0945 e. The zero-order valence-electron chi connectivity index (χ0n) is 11.2. The zero-order valence-corrected chi connectivity index (χ0v) is 12.0. The van der Waals surface area contributed by atoms with E-state index in [9.17, 15) is 5.11 Å². The Balaban J connectivity index is 2.18. The number of thioether (sulfide) groups is 1. The van der Waals surface area contributed by atoms with Crippen molar-refractivity contribution in [3.63, 3.8) is 0 Å². The van der Waals surface area contributed by atoms with E-state index in [1.807, 2.05) is 12.1 Å². The Morgan fingerprint density at radius 3 is 2.67 bits per heavy atom. The Morgan fingerprint density at radius 2 is 2.06 bits per heavy atom. The van der Waals surface area contributed by atoms with Crippen LogP contribution in [0, 0.1) is 0 Å². The van der Waals surface area contributed by atoms with E-state index in [4.69, 9.17) is 4.74 Å². The smallest absolute Gasteiger partial charge is 0.0945 e. The molecule has 2 N–H and O–H groups in total. The lowest BCUT2D eigenvalue weighted by Crippen LogP contribution is -2.25. The van der Waals surface area contributed by atoms with Crippen molar-refractivity contribution in [2.75, 3.05) is 31.3 Å². The van der Waals surface area contributed by atoms with Crippen molar-refractivity contribution in [1.29, 1.82) is 0 Å². The molecule has 1 rings (SSSR count). The summed E-state index contributed by atoms with van der Waals surface area (Å²) in [6.45, 7) is 3.77. The average molecular weight is 269 g/mol. The molecule has 0 aliphatic carbocycles. The predicted octanol–water partition coefficient (Wildman–Crippen LogP) is 3.00. The summed E-state index contributed by atoms with van der Waals surface area (Å²) in [5.41, 5.74) is 1.03. The Hall–Kier alpha value is -0.710. The molecule has 18 heavy (non-hydrogen) atoms. The molecule has 0 heterocycles. The molecule has 0 aliphatic rings. The highest BCUT2D eigenvalue weighted by molar-refractivity contribution is 7.98. The van der Waals surface area contributed by atoms with Gasteiger partial charge in [-0.05, 0) is 36.9 Å². The molecule has 4 heteroatoms. The monoisotopic (exact) mass is 269 g/mol. The van der Waals surface area contributed by atoms with Crippen LogP contribution >= 0.6 is 11.8 Å². The number of benzene rings is 1. The van der Waals surface area contributed by atoms with Crippen LogP contribution in [0.25, 0.3) is 0 Å². The van der Waals surface area contributed by atoms with Crippen LogP contribution in [0.2, 0.25) is 0 Å². The summed E-state index contributed by atoms with van der Waals surface area (Å²) in [6, 6.07) is 8.18.